The number of hydrogen-bond donors (Lipinski definition) is 0. The van der Waals surface area contributed by atoms with Crippen LogP contribution in [-0.2, 0) is 13.1 Å². The maximum atomic E-state index is 5.75. The predicted molar refractivity (Wildman–Crippen MR) is 71.3 cm³/mol. The topological polar surface area (TPSA) is 29.0 Å². The van der Waals surface area contributed by atoms with Crippen LogP contribution in [0.15, 0.2) is 24.3 Å². The monoisotopic (exact) mass is 267 g/mol. The smallest absolute Gasteiger partial charge is 0.207 e. The molecule has 0 radical (unpaired) electrons. The van der Waals surface area contributed by atoms with Gasteiger partial charge < -0.3 is 0 Å². The number of hydrogen-bond acceptors (Lipinski definition) is 4. The maximum absolute atomic E-state index is 5.75. The molecule has 1 heterocycles. The third kappa shape index (κ3) is 3.77. The van der Waals surface area contributed by atoms with Gasteiger partial charge in [-0.05, 0) is 31.1 Å². The zero-order chi connectivity index (χ0) is 12.3. The van der Waals surface area contributed by atoms with Crippen LogP contribution in [-0.4, -0.2) is 22.1 Å². The quantitative estimate of drug-likeness (QED) is 0.852. The van der Waals surface area contributed by atoms with Gasteiger partial charge in [0.05, 0.1) is 6.54 Å². The summed E-state index contributed by atoms with van der Waals surface area (Å²) in [5.74, 6) is 0. The maximum Gasteiger partial charge on any atom is 0.207 e. The summed E-state index contributed by atoms with van der Waals surface area (Å²) in [6.07, 6.45) is 0. The molecule has 0 saturated heterocycles. The van der Waals surface area contributed by atoms with Crippen LogP contribution < -0.4 is 0 Å². The van der Waals surface area contributed by atoms with E-state index in [-0.39, 0.29) is 0 Å². The van der Waals surface area contributed by atoms with Crippen LogP contribution >= 0.6 is 22.9 Å². The highest BCUT2D eigenvalue weighted by Gasteiger charge is 2.06. The number of benzene rings is 1. The fourth-order valence-electron chi connectivity index (χ4n) is 1.71. The van der Waals surface area contributed by atoms with E-state index in [4.69, 9.17) is 11.6 Å². The first-order valence-electron chi connectivity index (χ1n) is 5.35. The average Bonchev–Trinajstić information content (AvgIpc) is 2.63. The normalized spacial score (nSPS) is 11.1. The summed E-state index contributed by atoms with van der Waals surface area (Å²) in [7, 11) is 2.07. The number of halogens is 1. The molecule has 0 saturated carbocycles. The van der Waals surface area contributed by atoms with Crippen LogP contribution in [0.2, 0.25) is 4.47 Å². The van der Waals surface area contributed by atoms with E-state index in [1.165, 1.54) is 22.5 Å². The largest absolute Gasteiger partial charge is 0.295 e. The molecule has 0 spiro atoms. The first kappa shape index (κ1) is 12.5. The van der Waals surface area contributed by atoms with Crippen molar-refractivity contribution in [1.29, 1.82) is 0 Å². The van der Waals surface area contributed by atoms with E-state index in [2.05, 4.69) is 53.3 Å². The van der Waals surface area contributed by atoms with Gasteiger partial charge >= 0.3 is 0 Å². The lowest BCUT2D eigenvalue weighted by Gasteiger charge is -2.14. The minimum Gasteiger partial charge on any atom is -0.295 e. The van der Waals surface area contributed by atoms with Crippen LogP contribution in [0.25, 0.3) is 0 Å². The fraction of sp³-hybridized carbons (Fsp3) is 0.333. The van der Waals surface area contributed by atoms with Crippen LogP contribution in [0.1, 0.15) is 16.1 Å². The van der Waals surface area contributed by atoms with Crippen molar-refractivity contribution in [3.05, 3.63) is 44.9 Å². The average molecular weight is 268 g/mol. The van der Waals surface area contributed by atoms with E-state index in [1.54, 1.807) is 0 Å². The standard InChI is InChI=1S/C12H14ClN3S/c1-9-4-3-5-10(6-9)7-16(2)8-11-14-15-12(13)17-11/h3-6H,7-8H2,1-2H3. The molecule has 5 heteroatoms. The Hall–Kier alpha value is -0.970. The summed E-state index contributed by atoms with van der Waals surface area (Å²) in [5, 5.41) is 8.76. The van der Waals surface area contributed by atoms with Crippen molar-refractivity contribution in [3.63, 3.8) is 0 Å². The third-order valence-electron chi connectivity index (χ3n) is 2.38. The second-order valence-electron chi connectivity index (χ2n) is 4.11. The predicted octanol–water partition coefficient (Wildman–Crippen LogP) is 3.13. The molecular formula is C12H14ClN3S. The Kier molecular flexibility index (Phi) is 4.10. The summed E-state index contributed by atoms with van der Waals surface area (Å²) in [6.45, 7) is 3.78. The zero-order valence-corrected chi connectivity index (χ0v) is 11.4. The number of nitrogens with zero attached hydrogens (tertiary/aromatic N) is 3. The molecular weight excluding hydrogens is 254 g/mol. The summed E-state index contributed by atoms with van der Waals surface area (Å²) >= 11 is 7.18. The fourth-order valence-corrected chi connectivity index (χ4v) is 2.65. The van der Waals surface area contributed by atoms with Gasteiger partial charge in [-0.3, -0.25) is 4.90 Å². The number of aromatic nitrogens is 2. The molecule has 17 heavy (non-hydrogen) atoms. The molecule has 0 bridgehead atoms. The van der Waals surface area contributed by atoms with Crippen molar-refractivity contribution >= 4 is 22.9 Å². The zero-order valence-electron chi connectivity index (χ0n) is 9.85. The molecule has 90 valence electrons. The Bertz CT molecular complexity index is 498. The van der Waals surface area contributed by atoms with Crippen molar-refractivity contribution in [2.24, 2.45) is 0 Å². The van der Waals surface area contributed by atoms with Gasteiger partial charge in [-0.25, -0.2) is 0 Å². The molecule has 0 unspecified atom stereocenters. The van der Waals surface area contributed by atoms with E-state index in [9.17, 15) is 0 Å². The molecule has 3 nitrogen and oxygen atoms in total. The lowest BCUT2D eigenvalue weighted by Crippen LogP contribution is -2.17. The van der Waals surface area contributed by atoms with Gasteiger partial charge in [0, 0.05) is 6.54 Å². The second kappa shape index (κ2) is 5.58. The molecule has 0 aliphatic carbocycles. The van der Waals surface area contributed by atoms with Crippen molar-refractivity contribution < 1.29 is 0 Å². The molecule has 0 amide bonds. The van der Waals surface area contributed by atoms with Crippen LogP contribution in [0, 0.1) is 6.92 Å². The van der Waals surface area contributed by atoms with E-state index in [0.29, 0.717) is 4.47 Å². The highest BCUT2D eigenvalue weighted by Crippen LogP contribution is 2.17. The first-order valence-corrected chi connectivity index (χ1v) is 6.55. The molecule has 2 rings (SSSR count). The SMILES string of the molecule is Cc1cccc(CN(C)Cc2nnc(Cl)s2)c1. The van der Waals surface area contributed by atoms with E-state index in [0.717, 1.165) is 18.1 Å². The molecule has 2 aromatic rings. The molecule has 0 aliphatic rings. The molecule has 1 aromatic carbocycles. The van der Waals surface area contributed by atoms with Crippen LogP contribution in [0.3, 0.4) is 0 Å². The third-order valence-corrected chi connectivity index (χ3v) is 3.39. The number of aryl methyl sites for hydroxylation is 1. The van der Waals surface area contributed by atoms with Gasteiger partial charge in [-0.2, -0.15) is 0 Å². The Morgan fingerprint density at radius 1 is 1.29 bits per heavy atom. The summed E-state index contributed by atoms with van der Waals surface area (Å²) in [5.41, 5.74) is 2.60. The van der Waals surface area contributed by atoms with Gasteiger partial charge in [0.1, 0.15) is 5.01 Å². The van der Waals surface area contributed by atoms with Crippen LogP contribution in [0.5, 0.6) is 0 Å². The Morgan fingerprint density at radius 2 is 2.12 bits per heavy atom. The van der Waals surface area contributed by atoms with Crippen molar-refractivity contribution in [2.45, 2.75) is 20.0 Å². The Morgan fingerprint density at radius 3 is 2.76 bits per heavy atom. The lowest BCUT2D eigenvalue weighted by atomic mass is 10.1. The van der Waals surface area contributed by atoms with E-state index < -0.39 is 0 Å². The van der Waals surface area contributed by atoms with Crippen molar-refractivity contribution in [1.82, 2.24) is 15.1 Å². The van der Waals surface area contributed by atoms with E-state index >= 15 is 0 Å². The second-order valence-corrected chi connectivity index (χ2v) is 5.75. The minimum absolute atomic E-state index is 0.504. The summed E-state index contributed by atoms with van der Waals surface area (Å²) in [6, 6.07) is 8.52. The molecule has 0 fully saturated rings. The first-order chi connectivity index (χ1) is 8.13. The van der Waals surface area contributed by atoms with Gasteiger partial charge in [-0.1, -0.05) is 41.2 Å². The molecule has 1 aromatic heterocycles. The highest BCUT2D eigenvalue weighted by atomic mass is 35.5. The van der Waals surface area contributed by atoms with E-state index in [1.807, 2.05) is 0 Å². The molecule has 0 aliphatic heterocycles. The Labute approximate surface area is 110 Å². The van der Waals surface area contributed by atoms with Crippen molar-refractivity contribution in [3.8, 4) is 0 Å². The van der Waals surface area contributed by atoms with Gasteiger partial charge in [-0.15, -0.1) is 10.2 Å². The number of rotatable bonds is 4. The van der Waals surface area contributed by atoms with Gasteiger partial charge in [0.2, 0.25) is 4.47 Å². The molecule has 0 N–H and O–H groups in total. The van der Waals surface area contributed by atoms with Gasteiger partial charge in [0.25, 0.3) is 0 Å². The van der Waals surface area contributed by atoms with Crippen molar-refractivity contribution in [2.75, 3.05) is 7.05 Å². The Balaban J connectivity index is 1.95. The summed E-state index contributed by atoms with van der Waals surface area (Å²) < 4.78 is 0.504. The van der Waals surface area contributed by atoms with Crippen LogP contribution in [0.4, 0.5) is 0 Å². The van der Waals surface area contributed by atoms with Gasteiger partial charge in [0.15, 0.2) is 0 Å². The highest BCUT2D eigenvalue weighted by molar-refractivity contribution is 7.15. The summed E-state index contributed by atoms with van der Waals surface area (Å²) in [4.78, 5) is 2.20. The lowest BCUT2D eigenvalue weighted by molar-refractivity contribution is 0.317. The minimum atomic E-state index is 0.504. The molecule has 0 atom stereocenters.